The molecule has 13 heteroatoms. The minimum atomic E-state index is -1.18. The first-order chi connectivity index (χ1) is 20.9. The molecule has 2 aromatic rings. The topological polar surface area (TPSA) is 173 Å². The smallest absolute Gasteiger partial charge is 0.407 e. The first kappa shape index (κ1) is 35.7. The highest BCUT2D eigenvalue weighted by Gasteiger charge is 2.28. The predicted octanol–water partition coefficient (Wildman–Crippen LogP) is 2.06. The molecule has 0 saturated carbocycles. The third-order valence-electron chi connectivity index (χ3n) is 5.94. The van der Waals surface area contributed by atoms with E-state index in [1.807, 2.05) is 38.1 Å². The van der Waals surface area contributed by atoms with Gasteiger partial charge in [-0.05, 0) is 44.2 Å². The number of nitrogens with one attached hydrogen (secondary N) is 5. The molecule has 0 heterocycles. The maximum Gasteiger partial charge on any atom is 0.407 e. The van der Waals surface area contributed by atoms with Crippen molar-refractivity contribution in [2.45, 2.75) is 78.4 Å². The molecule has 0 aliphatic carbocycles. The average Bonchev–Trinajstić information content (AvgIpc) is 2.99. The summed E-state index contributed by atoms with van der Waals surface area (Å²) in [5.41, 5.74) is 5.97. The second-order valence-corrected chi connectivity index (χ2v) is 10.8. The lowest BCUT2D eigenvalue weighted by atomic mass is 10.1. The van der Waals surface area contributed by atoms with Crippen molar-refractivity contribution < 1.29 is 38.4 Å². The summed E-state index contributed by atoms with van der Waals surface area (Å²) >= 11 is 0. The van der Waals surface area contributed by atoms with Gasteiger partial charge in [-0.1, -0.05) is 74.5 Å². The van der Waals surface area contributed by atoms with E-state index in [0.717, 1.165) is 11.1 Å². The third-order valence-corrected chi connectivity index (χ3v) is 5.94. The van der Waals surface area contributed by atoms with Crippen LogP contribution in [0.2, 0.25) is 0 Å². The second kappa shape index (κ2) is 18.9. The Balaban J connectivity index is 1.93. The molecule has 0 aromatic heterocycles. The van der Waals surface area contributed by atoms with Gasteiger partial charge in [0, 0.05) is 12.5 Å². The molecule has 0 bridgehead atoms. The standard InChI is InChI=1S/C31H43N5O8/c1-20(2)16-25(43-35-27(37)18-32-31(41)42-19-24-14-10-7-11-15-24)30(40)36-44-26(17-23-12-8-6-9-13-23)29(39)34-22(5)28(38)33-21(3)4/h6-15,20-22,25-26H,16-19H2,1-5H3,(H,32,41)(H,33,38)(H,34,39)(H,35,37)(H,36,40)/t22-,25+,26-/m0/s1. The molecule has 0 spiro atoms. The molecule has 13 nitrogen and oxygen atoms in total. The molecule has 0 saturated heterocycles. The summed E-state index contributed by atoms with van der Waals surface area (Å²) in [6, 6.07) is 17.1. The molecule has 5 N–H and O–H groups in total. The summed E-state index contributed by atoms with van der Waals surface area (Å²) in [6.45, 7) is 8.44. The van der Waals surface area contributed by atoms with Gasteiger partial charge in [0.2, 0.25) is 5.91 Å². The van der Waals surface area contributed by atoms with Gasteiger partial charge < -0.3 is 20.7 Å². The highest BCUT2D eigenvalue weighted by Crippen LogP contribution is 2.10. The SMILES string of the molecule is CC(C)C[C@@H](ONC(=O)CNC(=O)OCc1ccccc1)C(=O)NO[C@@H](Cc1ccccc1)C(=O)N[C@@H](C)C(=O)NC(C)C. The highest BCUT2D eigenvalue weighted by molar-refractivity contribution is 5.89. The van der Waals surface area contributed by atoms with Crippen molar-refractivity contribution in [2.75, 3.05) is 6.54 Å². The Morgan fingerprint density at radius 3 is 1.86 bits per heavy atom. The van der Waals surface area contributed by atoms with Crippen LogP contribution in [-0.4, -0.2) is 60.6 Å². The molecule has 2 aromatic carbocycles. The van der Waals surface area contributed by atoms with E-state index >= 15 is 0 Å². The van der Waals surface area contributed by atoms with Crippen LogP contribution < -0.4 is 26.9 Å². The number of hydrogen-bond acceptors (Lipinski definition) is 8. The number of hydrogen-bond donors (Lipinski definition) is 5. The maximum atomic E-state index is 13.1. The Morgan fingerprint density at radius 2 is 1.27 bits per heavy atom. The van der Waals surface area contributed by atoms with Gasteiger partial charge >= 0.3 is 6.09 Å². The first-order valence-corrected chi connectivity index (χ1v) is 14.4. The van der Waals surface area contributed by atoms with Crippen LogP contribution in [0, 0.1) is 5.92 Å². The van der Waals surface area contributed by atoms with E-state index in [9.17, 15) is 24.0 Å². The zero-order valence-electron chi connectivity index (χ0n) is 25.8. The van der Waals surface area contributed by atoms with Crippen LogP contribution >= 0.6 is 0 Å². The van der Waals surface area contributed by atoms with Gasteiger partial charge in [-0.25, -0.2) is 15.8 Å². The van der Waals surface area contributed by atoms with Crippen LogP contribution in [0.3, 0.4) is 0 Å². The van der Waals surface area contributed by atoms with Crippen molar-refractivity contribution in [1.29, 1.82) is 0 Å². The van der Waals surface area contributed by atoms with E-state index in [0.29, 0.717) is 0 Å². The third kappa shape index (κ3) is 14.1. The lowest BCUT2D eigenvalue weighted by Gasteiger charge is -2.23. The number of alkyl carbamates (subject to hydrolysis) is 1. The average molecular weight is 614 g/mol. The zero-order valence-corrected chi connectivity index (χ0v) is 25.8. The van der Waals surface area contributed by atoms with Crippen LogP contribution in [0.1, 0.15) is 52.2 Å². The van der Waals surface area contributed by atoms with Crippen molar-refractivity contribution in [3.63, 3.8) is 0 Å². The molecule has 3 atom stereocenters. The van der Waals surface area contributed by atoms with Crippen LogP contribution in [0.5, 0.6) is 0 Å². The van der Waals surface area contributed by atoms with Gasteiger partial charge in [-0.2, -0.15) is 0 Å². The second-order valence-electron chi connectivity index (χ2n) is 10.8. The van der Waals surface area contributed by atoms with Crippen molar-refractivity contribution in [3.8, 4) is 0 Å². The minimum Gasteiger partial charge on any atom is -0.445 e. The van der Waals surface area contributed by atoms with Crippen molar-refractivity contribution in [3.05, 3.63) is 71.8 Å². The van der Waals surface area contributed by atoms with E-state index < -0.39 is 48.6 Å². The van der Waals surface area contributed by atoms with Crippen molar-refractivity contribution in [2.24, 2.45) is 5.92 Å². The Morgan fingerprint density at radius 1 is 0.682 bits per heavy atom. The van der Waals surface area contributed by atoms with E-state index in [4.69, 9.17) is 14.4 Å². The van der Waals surface area contributed by atoms with Gasteiger partial charge in [0.15, 0.2) is 12.2 Å². The van der Waals surface area contributed by atoms with Crippen molar-refractivity contribution in [1.82, 2.24) is 26.9 Å². The molecule has 44 heavy (non-hydrogen) atoms. The molecule has 0 aliphatic heterocycles. The molecule has 0 fully saturated rings. The molecule has 0 aliphatic rings. The summed E-state index contributed by atoms with van der Waals surface area (Å²) in [6.07, 6.45) is -2.86. The van der Waals surface area contributed by atoms with Gasteiger partial charge in [0.1, 0.15) is 19.2 Å². The van der Waals surface area contributed by atoms with Crippen molar-refractivity contribution >= 4 is 29.7 Å². The number of amides is 5. The van der Waals surface area contributed by atoms with Crippen LogP contribution in [0.15, 0.2) is 60.7 Å². The van der Waals surface area contributed by atoms with E-state index in [2.05, 4.69) is 26.9 Å². The number of ether oxygens (including phenoxy) is 1. The largest absolute Gasteiger partial charge is 0.445 e. The Bertz CT molecular complexity index is 1210. The summed E-state index contributed by atoms with van der Waals surface area (Å²) in [5.74, 6) is -2.46. The summed E-state index contributed by atoms with van der Waals surface area (Å²) in [7, 11) is 0. The molecular formula is C31H43N5O8. The lowest BCUT2D eigenvalue weighted by Crippen LogP contribution is -2.52. The Kier molecular flexibility index (Phi) is 15.4. The molecule has 0 radical (unpaired) electrons. The monoisotopic (exact) mass is 613 g/mol. The normalized spacial score (nSPS) is 12.9. The van der Waals surface area contributed by atoms with Gasteiger partial charge in [0.25, 0.3) is 17.7 Å². The van der Waals surface area contributed by atoms with E-state index in [1.165, 1.54) is 0 Å². The number of benzene rings is 2. The van der Waals surface area contributed by atoms with Gasteiger partial charge in [-0.3, -0.25) is 28.9 Å². The summed E-state index contributed by atoms with van der Waals surface area (Å²) in [4.78, 5) is 73.5. The highest BCUT2D eigenvalue weighted by atomic mass is 16.7. The number of carbonyl (C=O) groups is 5. The molecule has 2 rings (SSSR count). The maximum absolute atomic E-state index is 13.1. The van der Waals surface area contributed by atoms with Crippen LogP contribution in [-0.2, 0) is 46.6 Å². The fourth-order valence-corrected chi connectivity index (χ4v) is 3.73. The number of hydroxylamine groups is 2. The minimum absolute atomic E-state index is 0.0162. The van der Waals surface area contributed by atoms with Crippen LogP contribution in [0.4, 0.5) is 4.79 Å². The summed E-state index contributed by atoms with van der Waals surface area (Å²) in [5, 5.41) is 7.64. The lowest BCUT2D eigenvalue weighted by molar-refractivity contribution is -0.164. The predicted molar refractivity (Wildman–Crippen MR) is 161 cm³/mol. The fraction of sp³-hybridized carbons (Fsp3) is 0.452. The molecule has 0 unspecified atom stereocenters. The fourth-order valence-electron chi connectivity index (χ4n) is 3.73. The van der Waals surface area contributed by atoms with Gasteiger partial charge in [-0.15, -0.1) is 0 Å². The zero-order chi connectivity index (χ0) is 32.5. The molecule has 240 valence electrons. The molecular weight excluding hydrogens is 570 g/mol. The van der Waals surface area contributed by atoms with E-state index in [-0.39, 0.29) is 37.3 Å². The van der Waals surface area contributed by atoms with E-state index in [1.54, 1.807) is 57.2 Å². The Labute approximate surface area is 257 Å². The van der Waals surface area contributed by atoms with Gasteiger partial charge in [0.05, 0.1) is 0 Å². The number of rotatable bonds is 17. The quantitative estimate of drug-likeness (QED) is 0.169. The number of carbonyl (C=O) groups excluding carboxylic acids is 5. The Hall–Kier alpha value is -4.49. The summed E-state index contributed by atoms with van der Waals surface area (Å²) < 4.78 is 5.06. The molecule has 5 amide bonds. The first-order valence-electron chi connectivity index (χ1n) is 14.4. The van der Waals surface area contributed by atoms with Crippen LogP contribution in [0.25, 0.3) is 0 Å².